The summed E-state index contributed by atoms with van der Waals surface area (Å²) in [5, 5.41) is 23.2. The maximum absolute atomic E-state index is 12.3. The van der Waals surface area contributed by atoms with Crippen LogP contribution in [0.15, 0.2) is 108 Å². The van der Waals surface area contributed by atoms with E-state index in [1.165, 1.54) is 6.08 Å². The molecule has 166 valence electrons. The monoisotopic (exact) mass is 421 g/mol. The summed E-state index contributed by atoms with van der Waals surface area (Å²) in [6.45, 7) is 5.77. The van der Waals surface area contributed by atoms with Crippen molar-refractivity contribution in [3.63, 3.8) is 0 Å². The summed E-state index contributed by atoms with van der Waals surface area (Å²) < 4.78 is 0. The zero-order chi connectivity index (χ0) is 22.9. The van der Waals surface area contributed by atoms with E-state index < -0.39 is 12.2 Å². The number of aliphatic hydroxyl groups excluding tert-OH is 2. The van der Waals surface area contributed by atoms with E-state index in [1.54, 1.807) is 36.5 Å². The highest BCUT2D eigenvalue weighted by atomic mass is 16.3. The molecule has 0 saturated heterocycles. The van der Waals surface area contributed by atoms with E-state index in [1.807, 2.05) is 75.5 Å². The van der Waals surface area contributed by atoms with Gasteiger partial charge in [-0.15, -0.1) is 0 Å². The van der Waals surface area contributed by atoms with Crippen LogP contribution in [-0.2, 0) is 4.79 Å². The van der Waals surface area contributed by atoms with Gasteiger partial charge >= 0.3 is 0 Å². The Bertz CT molecular complexity index is 819. The van der Waals surface area contributed by atoms with Crippen LogP contribution in [0.3, 0.4) is 0 Å². The number of allylic oxidation sites excluding steroid dienone is 13. The normalized spacial score (nSPS) is 32.9. The van der Waals surface area contributed by atoms with Gasteiger partial charge in [0.2, 0.25) is 5.91 Å². The number of hydrogen-bond acceptors (Lipinski definition) is 3. The zero-order valence-electron chi connectivity index (χ0n) is 18.7. The molecule has 0 aromatic carbocycles. The van der Waals surface area contributed by atoms with Gasteiger partial charge in [-0.25, -0.2) is 0 Å². The number of aliphatic hydroxyl groups is 2. The third-order valence-electron chi connectivity index (χ3n) is 4.40. The summed E-state index contributed by atoms with van der Waals surface area (Å²) in [4.78, 5) is 12.3. The highest BCUT2D eigenvalue weighted by Crippen LogP contribution is 2.06. The Morgan fingerprint density at radius 2 is 1.68 bits per heavy atom. The van der Waals surface area contributed by atoms with Crippen molar-refractivity contribution in [3.8, 4) is 0 Å². The van der Waals surface area contributed by atoms with Gasteiger partial charge in [0, 0.05) is 12.1 Å². The molecule has 0 saturated carbocycles. The lowest BCUT2D eigenvalue weighted by Gasteiger charge is -2.14. The van der Waals surface area contributed by atoms with Crippen LogP contribution in [-0.4, -0.2) is 34.4 Å². The van der Waals surface area contributed by atoms with E-state index in [4.69, 9.17) is 0 Å². The first-order valence-corrected chi connectivity index (χ1v) is 10.6. The van der Waals surface area contributed by atoms with Gasteiger partial charge < -0.3 is 15.5 Å². The standard InChI is InChI=1S/C27H35NO3/c1-4-5-6-7-17-24-18-11-8-14-22(2)15-9-12-19-25(29)26(30)21-23(3)16-10-13-20-27(31)28-24/h4-16,19-21,24-26,29-30H,17-18H2,1-3H3,(H,28,31)/b5-4+,7-6+,11-8+,15-9+,16-10+,19-12-,20-13+,22-14+,23-21+/t24-,25-,26+/m1/s1. The van der Waals surface area contributed by atoms with Gasteiger partial charge in [-0.1, -0.05) is 102 Å². The first-order chi connectivity index (χ1) is 14.9. The molecular formula is C27H35NO3. The first kappa shape index (κ1) is 26.1. The fourth-order valence-electron chi connectivity index (χ4n) is 2.69. The molecule has 1 heterocycles. The van der Waals surface area contributed by atoms with Crippen molar-refractivity contribution in [3.05, 3.63) is 108 Å². The Morgan fingerprint density at radius 3 is 2.45 bits per heavy atom. The second kappa shape index (κ2) is 15.8. The predicted octanol–water partition coefficient (Wildman–Crippen LogP) is 4.79. The van der Waals surface area contributed by atoms with Crippen molar-refractivity contribution in [1.29, 1.82) is 0 Å². The van der Waals surface area contributed by atoms with Gasteiger partial charge in [-0.3, -0.25) is 4.79 Å². The van der Waals surface area contributed by atoms with Crippen LogP contribution < -0.4 is 5.32 Å². The van der Waals surface area contributed by atoms with Crippen molar-refractivity contribution in [2.24, 2.45) is 0 Å². The minimum atomic E-state index is -1.01. The number of amides is 1. The lowest BCUT2D eigenvalue weighted by atomic mass is 10.1. The summed E-state index contributed by atoms with van der Waals surface area (Å²) in [5.74, 6) is -0.159. The van der Waals surface area contributed by atoms with E-state index in [-0.39, 0.29) is 11.9 Å². The van der Waals surface area contributed by atoms with E-state index >= 15 is 0 Å². The number of carbonyl (C=O) groups excluding carboxylic acids is 1. The highest BCUT2D eigenvalue weighted by Gasteiger charge is 2.09. The average Bonchev–Trinajstić information content (AvgIpc) is 2.73. The number of rotatable bonds is 3. The molecule has 3 N–H and O–H groups in total. The van der Waals surface area contributed by atoms with Crippen molar-refractivity contribution < 1.29 is 15.0 Å². The van der Waals surface area contributed by atoms with Crippen LogP contribution in [0, 0.1) is 0 Å². The molecule has 1 aliphatic rings. The highest BCUT2D eigenvalue weighted by molar-refractivity contribution is 5.88. The number of carbonyl (C=O) groups is 1. The van der Waals surface area contributed by atoms with Crippen LogP contribution >= 0.6 is 0 Å². The van der Waals surface area contributed by atoms with E-state index in [9.17, 15) is 15.0 Å². The molecule has 0 spiro atoms. The Labute approximate surface area is 186 Å². The lowest BCUT2D eigenvalue weighted by molar-refractivity contribution is -0.117. The Kier molecular flexibility index (Phi) is 13.3. The SMILES string of the molecule is C/C=C/C=C/C[C@@H]1C/C=C/C=C(C)/C=C/C=C\[C@@H](O)[C@@H](O)/C=C(C)/C=C/C=C/C(=O)N1. The van der Waals surface area contributed by atoms with E-state index in [0.717, 1.165) is 24.0 Å². The molecular weight excluding hydrogens is 386 g/mol. The molecule has 0 fully saturated rings. The van der Waals surface area contributed by atoms with Crippen LogP contribution in [0.1, 0.15) is 33.6 Å². The van der Waals surface area contributed by atoms with Gasteiger partial charge in [0.05, 0.1) is 0 Å². The van der Waals surface area contributed by atoms with Gasteiger partial charge in [0.1, 0.15) is 12.2 Å². The zero-order valence-corrected chi connectivity index (χ0v) is 18.7. The molecule has 31 heavy (non-hydrogen) atoms. The minimum Gasteiger partial charge on any atom is -0.386 e. The summed E-state index contributed by atoms with van der Waals surface area (Å²) in [5.41, 5.74) is 1.83. The van der Waals surface area contributed by atoms with Crippen LogP contribution in [0.5, 0.6) is 0 Å². The lowest BCUT2D eigenvalue weighted by Crippen LogP contribution is -2.32. The van der Waals surface area contributed by atoms with Crippen LogP contribution in [0.4, 0.5) is 0 Å². The molecule has 0 bridgehead atoms. The van der Waals surface area contributed by atoms with Crippen molar-refractivity contribution in [1.82, 2.24) is 5.32 Å². The number of nitrogens with one attached hydrogen (secondary N) is 1. The second-order valence-corrected chi connectivity index (χ2v) is 7.32. The molecule has 4 heteroatoms. The Morgan fingerprint density at radius 1 is 0.968 bits per heavy atom. The largest absolute Gasteiger partial charge is 0.386 e. The van der Waals surface area contributed by atoms with Gasteiger partial charge in [-0.2, -0.15) is 0 Å². The van der Waals surface area contributed by atoms with Crippen LogP contribution in [0.25, 0.3) is 0 Å². The average molecular weight is 422 g/mol. The molecule has 0 aliphatic carbocycles. The topological polar surface area (TPSA) is 69.6 Å². The third-order valence-corrected chi connectivity index (χ3v) is 4.40. The summed E-state index contributed by atoms with van der Waals surface area (Å²) >= 11 is 0. The van der Waals surface area contributed by atoms with Crippen molar-refractivity contribution in [2.75, 3.05) is 0 Å². The van der Waals surface area contributed by atoms with Gasteiger partial charge in [-0.05, 0) is 33.6 Å². The molecule has 1 aliphatic heterocycles. The predicted molar refractivity (Wildman–Crippen MR) is 130 cm³/mol. The molecule has 3 atom stereocenters. The smallest absolute Gasteiger partial charge is 0.244 e. The fraction of sp³-hybridized carbons (Fsp3) is 0.296. The third kappa shape index (κ3) is 13.1. The molecule has 0 aromatic heterocycles. The minimum absolute atomic E-state index is 0.00469. The Hall–Kier alpha value is -2.95. The van der Waals surface area contributed by atoms with E-state index in [0.29, 0.717) is 0 Å². The number of hydrogen-bond donors (Lipinski definition) is 3. The quantitative estimate of drug-likeness (QED) is 0.574. The molecule has 0 aromatic rings. The Balaban J connectivity index is 3.04. The molecule has 0 radical (unpaired) electrons. The maximum Gasteiger partial charge on any atom is 0.244 e. The molecule has 1 amide bonds. The summed E-state index contributed by atoms with van der Waals surface area (Å²) in [7, 11) is 0. The molecule has 0 unspecified atom stereocenters. The van der Waals surface area contributed by atoms with Crippen LogP contribution in [0.2, 0.25) is 0 Å². The van der Waals surface area contributed by atoms with Crippen molar-refractivity contribution >= 4 is 5.91 Å². The van der Waals surface area contributed by atoms with E-state index in [2.05, 4.69) is 5.32 Å². The molecule has 4 nitrogen and oxygen atoms in total. The van der Waals surface area contributed by atoms with Gasteiger partial charge in [0.25, 0.3) is 0 Å². The fourth-order valence-corrected chi connectivity index (χ4v) is 2.69. The molecule has 1 rings (SSSR count). The van der Waals surface area contributed by atoms with Crippen molar-refractivity contribution in [2.45, 2.75) is 51.9 Å². The second-order valence-electron chi connectivity index (χ2n) is 7.32. The first-order valence-electron chi connectivity index (χ1n) is 10.6. The van der Waals surface area contributed by atoms with Gasteiger partial charge in [0.15, 0.2) is 0 Å². The maximum atomic E-state index is 12.3. The summed E-state index contributed by atoms with van der Waals surface area (Å²) in [6.07, 6.45) is 28.6. The summed E-state index contributed by atoms with van der Waals surface area (Å²) in [6, 6.07) is -0.00469.